The molecule has 0 atom stereocenters. The molecule has 0 unspecified atom stereocenters. The highest BCUT2D eigenvalue weighted by Gasteiger charge is 2.13. The summed E-state index contributed by atoms with van der Waals surface area (Å²) in [4.78, 5) is 20.1. The monoisotopic (exact) mass is 288 g/mol. The van der Waals surface area contributed by atoms with Gasteiger partial charge >= 0.3 is 0 Å². The van der Waals surface area contributed by atoms with E-state index < -0.39 is 5.82 Å². The fourth-order valence-corrected chi connectivity index (χ4v) is 1.89. The smallest absolute Gasteiger partial charge is 0.255 e. The lowest BCUT2D eigenvalue weighted by atomic mass is 10.1. The van der Waals surface area contributed by atoms with E-state index in [1.54, 1.807) is 12.4 Å². The molecule has 0 aliphatic carbocycles. The van der Waals surface area contributed by atoms with Crippen LogP contribution in [-0.2, 0) is 6.54 Å². The zero-order chi connectivity index (χ0) is 15.2. The van der Waals surface area contributed by atoms with E-state index in [0.29, 0.717) is 18.9 Å². The number of nitrogens with zero attached hydrogens (tertiary/aromatic N) is 2. The van der Waals surface area contributed by atoms with Gasteiger partial charge in [0.05, 0.1) is 11.8 Å². The SMILES string of the molecule is CCNc1ncc(F)cc1C(=O)NCc1ccncc1C. The van der Waals surface area contributed by atoms with E-state index in [0.717, 1.165) is 17.3 Å². The van der Waals surface area contributed by atoms with Crippen molar-refractivity contribution in [2.75, 3.05) is 11.9 Å². The van der Waals surface area contributed by atoms with Crippen molar-refractivity contribution in [2.24, 2.45) is 0 Å². The number of nitrogens with one attached hydrogen (secondary N) is 2. The van der Waals surface area contributed by atoms with E-state index in [9.17, 15) is 9.18 Å². The van der Waals surface area contributed by atoms with Crippen LogP contribution >= 0.6 is 0 Å². The summed E-state index contributed by atoms with van der Waals surface area (Å²) in [5, 5.41) is 5.71. The average Bonchev–Trinajstić information content (AvgIpc) is 2.48. The Bertz CT molecular complexity index is 645. The first-order valence-corrected chi connectivity index (χ1v) is 6.69. The Kier molecular flexibility index (Phi) is 4.81. The molecule has 0 aromatic carbocycles. The van der Waals surface area contributed by atoms with Crippen LogP contribution in [0.5, 0.6) is 0 Å². The Morgan fingerprint density at radius 1 is 1.38 bits per heavy atom. The van der Waals surface area contributed by atoms with Crippen molar-refractivity contribution in [3.05, 3.63) is 53.2 Å². The first kappa shape index (κ1) is 14.9. The number of halogens is 1. The number of carbonyl (C=O) groups is 1. The number of anilines is 1. The van der Waals surface area contributed by atoms with Crippen LogP contribution in [0.4, 0.5) is 10.2 Å². The second-order valence-electron chi connectivity index (χ2n) is 4.56. The standard InChI is InChI=1S/C15H17FN4O/c1-3-18-14-13(6-12(16)9-19-14)15(21)20-8-11-4-5-17-7-10(11)2/h4-7,9H,3,8H2,1-2H3,(H,18,19)(H,20,21). The van der Waals surface area contributed by atoms with Gasteiger partial charge in [-0.25, -0.2) is 9.37 Å². The Balaban J connectivity index is 2.13. The number of amides is 1. The van der Waals surface area contributed by atoms with Crippen molar-refractivity contribution in [3.63, 3.8) is 0 Å². The van der Waals surface area contributed by atoms with Gasteiger partial charge in [0.15, 0.2) is 0 Å². The van der Waals surface area contributed by atoms with Crippen LogP contribution in [0.15, 0.2) is 30.7 Å². The van der Waals surface area contributed by atoms with Gasteiger partial charge in [0.2, 0.25) is 0 Å². The molecule has 2 heterocycles. The molecule has 2 aromatic heterocycles. The van der Waals surface area contributed by atoms with Crippen molar-refractivity contribution in [3.8, 4) is 0 Å². The molecule has 2 aromatic rings. The number of rotatable bonds is 5. The van der Waals surface area contributed by atoms with Gasteiger partial charge in [0.1, 0.15) is 11.6 Å². The summed E-state index contributed by atoms with van der Waals surface area (Å²) in [5.74, 6) is -0.529. The van der Waals surface area contributed by atoms with Crippen LogP contribution in [0.3, 0.4) is 0 Å². The fourth-order valence-electron chi connectivity index (χ4n) is 1.89. The summed E-state index contributed by atoms with van der Waals surface area (Å²) < 4.78 is 13.3. The van der Waals surface area contributed by atoms with Crippen LogP contribution in [0.25, 0.3) is 0 Å². The van der Waals surface area contributed by atoms with E-state index in [1.807, 2.05) is 19.9 Å². The molecule has 2 N–H and O–H groups in total. The first-order chi connectivity index (χ1) is 10.1. The molecule has 2 rings (SSSR count). The van der Waals surface area contributed by atoms with Crippen LogP contribution in [0.2, 0.25) is 0 Å². The summed E-state index contributed by atoms with van der Waals surface area (Å²) in [6.07, 6.45) is 4.49. The first-order valence-electron chi connectivity index (χ1n) is 6.69. The molecule has 0 bridgehead atoms. The van der Waals surface area contributed by atoms with Gasteiger partial charge in [-0.3, -0.25) is 9.78 Å². The van der Waals surface area contributed by atoms with Crippen LogP contribution < -0.4 is 10.6 Å². The second kappa shape index (κ2) is 6.78. The molecule has 1 amide bonds. The molecule has 6 heteroatoms. The Hall–Kier alpha value is -2.50. The predicted octanol–water partition coefficient (Wildman–Crippen LogP) is 2.29. The molecule has 0 aliphatic rings. The number of carbonyl (C=O) groups excluding carboxylic acids is 1. The van der Waals surface area contributed by atoms with Crippen molar-refractivity contribution >= 4 is 11.7 Å². The third kappa shape index (κ3) is 3.75. The molecule has 0 saturated heterocycles. The van der Waals surface area contributed by atoms with Gasteiger partial charge in [-0.2, -0.15) is 0 Å². The Morgan fingerprint density at radius 2 is 2.19 bits per heavy atom. The molecular formula is C15H17FN4O. The van der Waals surface area contributed by atoms with E-state index in [2.05, 4.69) is 20.6 Å². The largest absolute Gasteiger partial charge is 0.370 e. The van der Waals surface area contributed by atoms with Crippen LogP contribution in [0.1, 0.15) is 28.4 Å². The normalized spacial score (nSPS) is 10.2. The lowest BCUT2D eigenvalue weighted by molar-refractivity contribution is 0.0951. The van der Waals surface area contributed by atoms with Crippen LogP contribution in [-0.4, -0.2) is 22.4 Å². The molecule has 5 nitrogen and oxygen atoms in total. The summed E-state index contributed by atoms with van der Waals surface area (Å²) in [6.45, 7) is 4.76. The van der Waals surface area contributed by atoms with Crippen LogP contribution in [0, 0.1) is 12.7 Å². The van der Waals surface area contributed by atoms with Gasteiger partial charge in [0.25, 0.3) is 5.91 Å². The minimum atomic E-state index is -0.540. The van der Waals surface area contributed by atoms with Gasteiger partial charge in [-0.15, -0.1) is 0 Å². The zero-order valence-electron chi connectivity index (χ0n) is 12.0. The molecule has 0 radical (unpaired) electrons. The Labute approximate surface area is 122 Å². The lowest BCUT2D eigenvalue weighted by Gasteiger charge is -2.11. The van der Waals surface area contributed by atoms with E-state index in [-0.39, 0.29) is 11.5 Å². The maximum absolute atomic E-state index is 13.3. The lowest BCUT2D eigenvalue weighted by Crippen LogP contribution is -2.25. The van der Waals surface area contributed by atoms with E-state index in [4.69, 9.17) is 0 Å². The fraction of sp³-hybridized carbons (Fsp3) is 0.267. The minimum Gasteiger partial charge on any atom is -0.370 e. The molecule has 21 heavy (non-hydrogen) atoms. The zero-order valence-corrected chi connectivity index (χ0v) is 12.0. The number of hydrogen-bond acceptors (Lipinski definition) is 4. The molecule has 0 saturated carbocycles. The van der Waals surface area contributed by atoms with E-state index >= 15 is 0 Å². The predicted molar refractivity (Wildman–Crippen MR) is 78.5 cm³/mol. The highest BCUT2D eigenvalue weighted by atomic mass is 19.1. The number of aryl methyl sites for hydroxylation is 1. The van der Waals surface area contributed by atoms with Gasteiger partial charge in [-0.05, 0) is 37.1 Å². The van der Waals surface area contributed by atoms with Crippen molar-refractivity contribution in [1.29, 1.82) is 0 Å². The van der Waals surface area contributed by atoms with Crippen molar-refractivity contribution in [2.45, 2.75) is 20.4 Å². The van der Waals surface area contributed by atoms with Gasteiger partial charge in [0, 0.05) is 25.5 Å². The summed E-state index contributed by atoms with van der Waals surface area (Å²) in [7, 11) is 0. The molecular weight excluding hydrogens is 271 g/mol. The van der Waals surface area contributed by atoms with Gasteiger partial charge in [-0.1, -0.05) is 0 Å². The van der Waals surface area contributed by atoms with Crippen molar-refractivity contribution < 1.29 is 9.18 Å². The maximum atomic E-state index is 13.3. The maximum Gasteiger partial charge on any atom is 0.255 e. The molecule has 0 spiro atoms. The highest BCUT2D eigenvalue weighted by Crippen LogP contribution is 2.14. The number of hydrogen-bond donors (Lipinski definition) is 2. The molecule has 0 fully saturated rings. The third-order valence-corrected chi connectivity index (χ3v) is 3.02. The topological polar surface area (TPSA) is 66.9 Å². The summed E-state index contributed by atoms with van der Waals surface area (Å²) in [6, 6.07) is 3.02. The quantitative estimate of drug-likeness (QED) is 0.886. The number of aromatic nitrogens is 2. The third-order valence-electron chi connectivity index (χ3n) is 3.02. The van der Waals surface area contributed by atoms with E-state index in [1.165, 1.54) is 6.07 Å². The summed E-state index contributed by atoms with van der Waals surface area (Å²) >= 11 is 0. The highest BCUT2D eigenvalue weighted by molar-refractivity contribution is 5.98. The summed E-state index contributed by atoms with van der Waals surface area (Å²) in [5.41, 5.74) is 2.15. The number of pyridine rings is 2. The molecule has 110 valence electrons. The Morgan fingerprint density at radius 3 is 2.90 bits per heavy atom. The van der Waals surface area contributed by atoms with Crippen molar-refractivity contribution in [1.82, 2.24) is 15.3 Å². The molecule has 0 aliphatic heterocycles. The average molecular weight is 288 g/mol. The van der Waals surface area contributed by atoms with Gasteiger partial charge < -0.3 is 10.6 Å². The second-order valence-corrected chi connectivity index (χ2v) is 4.56. The minimum absolute atomic E-state index is 0.198.